The third-order valence-corrected chi connectivity index (χ3v) is 3.00. The highest BCUT2D eigenvalue weighted by Crippen LogP contribution is 2.32. The summed E-state index contributed by atoms with van der Waals surface area (Å²) in [4.78, 5) is 0. The van der Waals surface area contributed by atoms with Gasteiger partial charge in [-0.15, -0.1) is 0 Å². The molecule has 0 fully saturated rings. The van der Waals surface area contributed by atoms with E-state index in [0.717, 1.165) is 12.1 Å². The molecule has 0 spiro atoms. The van der Waals surface area contributed by atoms with Gasteiger partial charge in [-0.1, -0.05) is 12.1 Å². The molecule has 1 aromatic heterocycles. The van der Waals surface area contributed by atoms with Gasteiger partial charge in [0.2, 0.25) is 0 Å². The Hall–Kier alpha value is -1.79. The smallest absolute Gasteiger partial charge is 0.416 e. The van der Waals surface area contributed by atoms with Crippen LogP contribution in [0.15, 0.2) is 34.7 Å². The number of alkyl halides is 3. The predicted molar refractivity (Wildman–Crippen MR) is 70.4 cm³/mol. The zero-order valence-corrected chi connectivity index (χ0v) is 11.4. The second kappa shape index (κ2) is 6.32. The Kier molecular flexibility index (Phi) is 4.69. The van der Waals surface area contributed by atoms with Gasteiger partial charge in [0.1, 0.15) is 18.1 Å². The molecule has 0 aliphatic rings. The Morgan fingerprint density at radius 3 is 2.38 bits per heavy atom. The molecule has 6 heteroatoms. The van der Waals surface area contributed by atoms with E-state index < -0.39 is 11.7 Å². The first-order valence-corrected chi connectivity index (χ1v) is 6.43. The number of aliphatic hydroxyl groups is 1. The number of hydrogen-bond donors (Lipinski definition) is 1. The molecule has 0 saturated carbocycles. The highest BCUT2D eigenvalue weighted by Gasteiger charge is 2.30. The fourth-order valence-corrected chi connectivity index (χ4v) is 1.88. The Labute approximate surface area is 120 Å². The normalized spacial score (nSPS) is 11.9. The SMILES string of the molecule is CCOCc1oc(-c2ccc(C(F)(F)F)cc2)cc1CO. The van der Waals surface area contributed by atoms with Gasteiger partial charge < -0.3 is 14.3 Å². The van der Waals surface area contributed by atoms with Crippen molar-refractivity contribution in [3.05, 3.63) is 47.2 Å². The van der Waals surface area contributed by atoms with E-state index in [1.807, 2.05) is 6.92 Å². The van der Waals surface area contributed by atoms with E-state index in [0.29, 0.717) is 29.3 Å². The fraction of sp³-hybridized carbons (Fsp3) is 0.333. The topological polar surface area (TPSA) is 42.6 Å². The lowest BCUT2D eigenvalue weighted by Crippen LogP contribution is -2.03. The molecule has 0 unspecified atom stereocenters. The van der Waals surface area contributed by atoms with Crippen molar-refractivity contribution < 1.29 is 27.4 Å². The van der Waals surface area contributed by atoms with Crippen molar-refractivity contribution in [3.8, 4) is 11.3 Å². The maximum Gasteiger partial charge on any atom is 0.416 e. The molecule has 114 valence electrons. The lowest BCUT2D eigenvalue weighted by Gasteiger charge is -2.06. The molecule has 3 nitrogen and oxygen atoms in total. The van der Waals surface area contributed by atoms with Crippen LogP contribution in [-0.2, 0) is 24.1 Å². The number of halogens is 3. The summed E-state index contributed by atoms with van der Waals surface area (Å²) >= 11 is 0. The molecule has 0 bridgehead atoms. The van der Waals surface area contributed by atoms with Gasteiger partial charge in [-0.2, -0.15) is 13.2 Å². The number of benzene rings is 1. The summed E-state index contributed by atoms with van der Waals surface area (Å²) in [5.74, 6) is 0.886. The second-order valence-electron chi connectivity index (χ2n) is 4.43. The van der Waals surface area contributed by atoms with E-state index >= 15 is 0 Å². The van der Waals surface area contributed by atoms with Crippen LogP contribution in [0.4, 0.5) is 13.2 Å². The van der Waals surface area contributed by atoms with Gasteiger partial charge in [-0.3, -0.25) is 0 Å². The summed E-state index contributed by atoms with van der Waals surface area (Å²) in [5.41, 5.74) is 0.369. The van der Waals surface area contributed by atoms with Gasteiger partial charge in [0.15, 0.2) is 0 Å². The highest BCUT2D eigenvalue weighted by atomic mass is 19.4. The van der Waals surface area contributed by atoms with Crippen LogP contribution < -0.4 is 0 Å². The zero-order valence-electron chi connectivity index (χ0n) is 11.4. The molecule has 0 saturated heterocycles. The minimum absolute atomic E-state index is 0.215. The largest absolute Gasteiger partial charge is 0.458 e. The van der Waals surface area contributed by atoms with Gasteiger partial charge in [0.25, 0.3) is 0 Å². The number of furan rings is 1. The van der Waals surface area contributed by atoms with Gasteiger partial charge in [0, 0.05) is 17.7 Å². The van der Waals surface area contributed by atoms with Crippen molar-refractivity contribution in [2.24, 2.45) is 0 Å². The van der Waals surface area contributed by atoms with Crippen molar-refractivity contribution in [1.82, 2.24) is 0 Å². The van der Waals surface area contributed by atoms with Crippen LogP contribution in [-0.4, -0.2) is 11.7 Å². The van der Waals surface area contributed by atoms with Gasteiger partial charge in [0.05, 0.1) is 12.2 Å². The number of hydrogen-bond acceptors (Lipinski definition) is 3. The molecule has 1 N–H and O–H groups in total. The molecule has 1 aromatic carbocycles. The molecule has 1 heterocycles. The summed E-state index contributed by atoms with van der Waals surface area (Å²) in [6.07, 6.45) is -4.36. The average molecular weight is 300 g/mol. The highest BCUT2D eigenvalue weighted by molar-refractivity contribution is 5.59. The predicted octanol–water partition coefficient (Wildman–Crippen LogP) is 3.99. The molecule has 0 aliphatic carbocycles. The van der Waals surface area contributed by atoms with E-state index in [1.165, 1.54) is 12.1 Å². The number of aliphatic hydroxyl groups excluding tert-OH is 1. The van der Waals surface area contributed by atoms with Crippen LogP contribution in [0.3, 0.4) is 0 Å². The molecule has 2 aromatic rings. The zero-order chi connectivity index (χ0) is 15.5. The quantitative estimate of drug-likeness (QED) is 0.907. The molecular weight excluding hydrogens is 285 g/mol. The first-order chi connectivity index (χ1) is 9.95. The Bertz CT molecular complexity index is 585. The number of rotatable bonds is 5. The van der Waals surface area contributed by atoms with Gasteiger partial charge in [-0.05, 0) is 25.1 Å². The minimum atomic E-state index is -4.36. The van der Waals surface area contributed by atoms with E-state index in [1.54, 1.807) is 6.07 Å². The van der Waals surface area contributed by atoms with Crippen molar-refractivity contribution in [2.75, 3.05) is 6.61 Å². The summed E-state index contributed by atoms with van der Waals surface area (Å²) in [6, 6.07) is 6.29. The molecule has 0 radical (unpaired) electrons. The number of ether oxygens (including phenoxy) is 1. The first kappa shape index (κ1) is 15.6. The molecule has 0 amide bonds. The average Bonchev–Trinajstić information content (AvgIpc) is 2.87. The maximum absolute atomic E-state index is 12.5. The molecule has 0 atom stereocenters. The van der Waals surface area contributed by atoms with E-state index in [2.05, 4.69) is 0 Å². The van der Waals surface area contributed by atoms with Crippen molar-refractivity contribution in [2.45, 2.75) is 26.3 Å². The summed E-state index contributed by atoms with van der Waals surface area (Å²) in [6.45, 7) is 2.33. The van der Waals surface area contributed by atoms with Crippen LogP contribution in [0.5, 0.6) is 0 Å². The third-order valence-electron chi connectivity index (χ3n) is 3.00. The van der Waals surface area contributed by atoms with Crippen LogP contribution in [0, 0.1) is 0 Å². The molecule has 0 aliphatic heterocycles. The van der Waals surface area contributed by atoms with Gasteiger partial charge >= 0.3 is 6.18 Å². The van der Waals surface area contributed by atoms with E-state index in [4.69, 9.17) is 9.15 Å². The van der Waals surface area contributed by atoms with Crippen molar-refractivity contribution >= 4 is 0 Å². The second-order valence-corrected chi connectivity index (χ2v) is 4.43. The minimum Gasteiger partial charge on any atom is -0.458 e. The maximum atomic E-state index is 12.5. The molecular formula is C15H15F3O3. The van der Waals surface area contributed by atoms with E-state index in [9.17, 15) is 18.3 Å². The first-order valence-electron chi connectivity index (χ1n) is 6.43. The standard InChI is InChI=1S/C15H15F3O3/c1-2-20-9-14-11(8-19)7-13(21-14)10-3-5-12(6-4-10)15(16,17)18/h3-7,19H,2,8-9H2,1H3. The van der Waals surface area contributed by atoms with Crippen molar-refractivity contribution in [3.63, 3.8) is 0 Å². The van der Waals surface area contributed by atoms with Crippen molar-refractivity contribution in [1.29, 1.82) is 0 Å². The molecule has 2 rings (SSSR count). The van der Waals surface area contributed by atoms with Crippen LogP contribution in [0.25, 0.3) is 11.3 Å². The van der Waals surface area contributed by atoms with Crippen LogP contribution >= 0.6 is 0 Å². The lowest BCUT2D eigenvalue weighted by molar-refractivity contribution is -0.137. The van der Waals surface area contributed by atoms with Gasteiger partial charge in [-0.25, -0.2) is 0 Å². The van der Waals surface area contributed by atoms with E-state index in [-0.39, 0.29) is 13.2 Å². The monoisotopic (exact) mass is 300 g/mol. The third kappa shape index (κ3) is 3.65. The lowest BCUT2D eigenvalue weighted by atomic mass is 10.1. The van der Waals surface area contributed by atoms with Crippen LogP contribution in [0.1, 0.15) is 23.8 Å². The molecule has 21 heavy (non-hydrogen) atoms. The Balaban J connectivity index is 2.27. The summed E-state index contributed by atoms with van der Waals surface area (Å²) in [7, 11) is 0. The van der Waals surface area contributed by atoms with Crippen LogP contribution in [0.2, 0.25) is 0 Å². The fourth-order valence-electron chi connectivity index (χ4n) is 1.88. The Morgan fingerprint density at radius 1 is 1.19 bits per heavy atom. The summed E-state index contributed by atoms with van der Waals surface area (Å²) < 4.78 is 48.3. The Morgan fingerprint density at radius 2 is 1.86 bits per heavy atom. The summed E-state index contributed by atoms with van der Waals surface area (Å²) in [5, 5.41) is 9.26.